The molecule has 2 heterocycles. The first kappa shape index (κ1) is 24.9. The average Bonchev–Trinajstić information content (AvgIpc) is 2.81. The van der Waals surface area contributed by atoms with Gasteiger partial charge in [0.1, 0.15) is 5.75 Å². The van der Waals surface area contributed by atoms with Gasteiger partial charge in [0.05, 0.1) is 17.9 Å². The number of hydrogen-bond donors (Lipinski definition) is 1. The van der Waals surface area contributed by atoms with Crippen molar-refractivity contribution in [3.8, 4) is 5.75 Å². The first-order chi connectivity index (χ1) is 15.3. The summed E-state index contributed by atoms with van der Waals surface area (Å²) < 4.78 is 5.56. The highest BCUT2D eigenvalue weighted by atomic mass is 16.5. The lowest BCUT2D eigenvalue weighted by Crippen LogP contribution is -2.13. The van der Waals surface area contributed by atoms with Gasteiger partial charge in [-0.05, 0) is 80.0 Å². The molecular weight excluding hydrogens is 398 g/mol. The Kier molecular flexibility index (Phi) is 9.68. The molecule has 1 unspecified atom stereocenters. The maximum Gasteiger partial charge on any atom is 0.335 e. The molecule has 1 N–H and O–H groups in total. The third-order valence-electron chi connectivity index (χ3n) is 5.45. The summed E-state index contributed by atoms with van der Waals surface area (Å²) in [6.07, 6.45) is 3.86. The fourth-order valence-electron chi connectivity index (χ4n) is 3.30. The van der Waals surface area contributed by atoms with Crippen LogP contribution >= 0.6 is 0 Å². The zero-order chi connectivity index (χ0) is 23.5. The summed E-state index contributed by atoms with van der Waals surface area (Å²) in [6.45, 7) is 12.8. The second kappa shape index (κ2) is 12.5. The molecule has 3 aromatic rings. The maximum absolute atomic E-state index is 10.5. The van der Waals surface area contributed by atoms with E-state index in [-0.39, 0.29) is 5.56 Å². The molecule has 0 radical (unpaired) electrons. The van der Waals surface area contributed by atoms with E-state index in [1.54, 1.807) is 6.92 Å². The van der Waals surface area contributed by atoms with Gasteiger partial charge in [0.2, 0.25) is 0 Å². The van der Waals surface area contributed by atoms with Crippen LogP contribution in [0.5, 0.6) is 5.75 Å². The Morgan fingerprint density at radius 3 is 2.28 bits per heavy atom. The molecule has 0 spiro atoms. The predicted molar refractivity (Wildman–Crippen MR) is 131 cm³/mol. The van der Waals surface area contributed by atoms with Crippen molar-refractivity contribution < 1.29 is 14.6 Å². The molecule has 0 bridgehead atoms. The van der Waals surface area contributed by atoms with Crippen molar-refractivity contribution in [1.82, 2.24) is 4.98 Å². The number of para-hydroxylation sites is 1. The van der Waals surface area contributed by atoms with Crippen LogP contribution in [0, 0.1) is 13.8 Å². The second-order valence-corrected chi connectivity index (χ2v) is 7.88. The first-order valence-corrected chi connectivity index (χ1v) is 10.9. The molecule has 0 saturated carbocycles. The number of allylic oxidation sites excluding steroid dienone is 1. The first-order valence-electron chi connectivity index (χ1n) is 10.9. The number of hydrogen-bond acceptors (Lipinski definition) is 3. The van der Waals surface area contributed by atoms with Crippen LogP contribution in [0.25, 0.3) is 5.57 Å². The Balaban J connectivity index is 0.000000174. The van der Waals surface area contributed by atoms with E-state index in [2.05, 4.69) is 74.8 Å². The Labute approximate surface area is 191 Å². The van der Waals surface area contributed by atoms with Gasteiger partial charge in [-0.1, -0.05) is 56.0 Å². The lowest BCUT2D eigenvalue weighted by atomic mass is 9.91. The minimum atomic E-state index is -0.945. The number of carboxylic acids is 1. The Morgan fingerprint density at radius 2 is 1.72 bits per heavy atom. The van der Waals surface area contributed by atoms with Crippen LogP contribution in [-0.2, 0) is 0 Å². The lowest BCUT2D eigenvalue weighted by Gasteiger charge is -2.24. The maximum atomic E-state index is 10.5. The van der Waals surface area contributed by atoms with E-state index in [0.717, 1.165) is 23.8 Å². The van der Waals surface area contributed by atoms with E-state index in [1.165, 1.54) is 47.9 Å². The molecular formula is C28H33NO3. The molecule has 0 fully saturated rings. The minimum absolute atomic E-state index is 0.239. The fraction of sp³-hybridized carbons (Fsp3) is 0.286. The van der Waals surface area contributed by atoms with Gasteiger partial charge in [0.25, 0.3) is 0 Å². The lowest BCUT2D eigenvalue weighted by molar-refractivity contribution is 0.0696. The minimum Gasteiger partial charge on any atom is -0.493 e. The number of aromatic nitrogens is 1. The van der Waals surface area contributed by atoms with Crippen molar-refractivity contribution in [2.75, 3.05) is 6.61 Å². The Hall–Kier alpha value is -3.40. The third-order valence-corrected chi connectivity index (χ3v) is 5.45. The zero-order valence-corrected chi connectivity index (χ0v) is 19.5. The van der Waals surface area contributed by atoms with E-state index in [1.807, 2.05) is 6.07 Å². The summed E-state index contributed by atoms with van der Waals surface area (Å²) in [5.74, 6) is 0.866. The highest BCUT2D eigenvalue weighted by Gasteiger charge is 2.18. The van der Waals surface area contributed by atoms with E-state index < -0.39 is 5.97 Å². The summed E-state index contributed by atoms with van der Waals surface area (Å²) in [5.41, 5.74) is 5.75. The highest BCUT2D eigenvalue weighted by Crippen LogP contribution is 2.34. The second-order valence-electron chi connectivity index (χ2n) is 7.88. The smallest absolute Gasteiger partial charge is 0.335 e. The van der Waals surface area contributed by atoms with Crippen molar-refractivity contribution in [3.05, 3.63) is 101 Å². The van der Waals surface area contributed by atoms with Crippen molar-refractivity contribution in [2.24, 2.45) is 0 Å². The number of fused-ring (bicyclic) bond motifs is 1. The molecule has 0 aliphatic carbocycles. The molecule has 2 aromatic carbocycles. The van der Waals surface area contributed by atoms with Crippen LogP contribution in [0.4, 0.5) is 0 Å². The largest absolute Gasteiger partial charge is 0.493 e. The number of nitrogens with zero attached hydrogens (tertiary/aromatic N) is 1. The standard InChI is InChI=1S/C11H14O.C9H9NO2.C8H10/c1-2-9-7-8-12-11-6-4-3-5-10(9)11;1-6(2)8-5-7(9(11)12)3-4-10-8;1-7-5-3-4-6-8(7)2/h3-6,9H,2,7-8H2,1H3;3-5H,1H2,2H3,(H,11,12);3-6H,1-2H3. The quantitative estimate of drug-likeness (QED) is 0.481. The summed E-state index contributed by atoms with van der Waals surface area (Å²) in [4.78, 5) is 14.5. The summed E-state index contributed by atoms with van der Waals surface area (Å²) in [7, 11) is 0. The normalized spacial score (nSPS) is 13.8. The number of carbonyl (C=O) groups is 1. The molecule has 1 aliphatic rings. The van der Waals surface area contributed by atoms with Crippen molar-refractivity contribution in [2.45, 2.75) is 46.5 Å². The van der Waals surface area contributed by atoms with Crippen LogP contribution in [0.3, 0.4) is 0 Å². The van der Waals surface area contributed by atoms with Gasteiger partial charge in [-0.2, -0.15) is 0 Å². The summed E-state index contributed by atoms with van der Waals surface area (Å²) in [6, 6.07) is 19.7. The molecule has 0 saturated heterocycles. The number of aryl methyl sites for hydroxylation is 2. The van der Waals surface area contributed by atoms with E-state index in [0.29, 0.717) is 5.69 Å². The number of carboxylic acid groups (broad SMARTS) is 1. The van der Waals surface area contributed by atoms with E-state index >= 15 is 0 Å². The van der Waals surface area contributed by atoms with Gasteiger partial charge in [0.15, 0.2) is 0 Å². The average molecular weight is 432 g/mol. The van der Waals surface area contributed by atoms with Gasteiger partial charge in [-0.25, -0.2) is 4.79 Å². The van der Waals surface area contributed by atoms with Crippen molar-refractivity contribution >= 4 is 11.5 Å². The molecule has 4 rings (SSSR count). The fourth-order valence-corrected chi connectivity index (χ4v) is 3.30. The summed E-state index contributed by atoms with van der Waals surface area (Å²) >= 11 is 0. The highest BCUT2D eigenvalue weighted by molar-refractivity contribution is 5.88. The monoisotopic (exact) mass is 431 g/mol. The molecule has 1 atom stereocenters. The van der Waals surface area contributed by atoms with Crippen LogP contribution < -0.4 is 4.74 Å². The molecule has 0 amide bonds. The van der Waals surface area contributed by atoms with E-state index in [9.17, 15) is 4.79 Å². The Morgan fingerprint density at radius 1 is 1.09 bits per heavy atom. The topological polar surface area (TPSA) is 59.4 Å². The number of benzene rings is 2. The van der Waals surface area contributed by atoms with Crippen LogP contribution in [0.15, 0.2) is 73.4 Å². The molecule has 4 heteroatoms. The predicted octanol–water partition coefficient (Wildman–Crippen LogP) is 7.08. The summed E-state index contributed by atoms with van der Waals surface area (Å²) in [5, 5.41) is 8.63. The van der Waals surface area contributed by atoms with Crippen molar-refractivity contribution in [1.29, 1.82) is 0 Å². The van der Waals surface area contributed by atoms with Gasteiger partial charge >= 0.3 is 5.97 Å². The van der Waals surface area contributed by atoms with Gasteiger partial charge < -0.3 is 9.84 Å². The number of ether oxygens (including phenoxy) is 1. The molecule has 1 aromatic heterocycles. The molecule has 1 aliphatic heterocycles. The molecule has 168 valence electrons. The van der Waals surface area contributed by atoms with Crippen LogP contribution in [0.2, 0.25) is 0 Å². The van der Waals surface area contributed by atoms with Crippen molar-refractivity contribution in [3.63, 3.8) is 0 Å². The number of aromatic carboxylic acids is 1. The van der Waals surface area contributed by atoms with Gasteiger partial charge in [-0.15, -0.1) is 0 Å². The van der Waals surface area contributed by atoms with Crippen LogP contribution in [-0.4, -0.2) is 22.7 Å². The van der Waals surface area contributed by atoms with Gasteiger partial charge in [-0.3, -0.25) is 4.98 Å². The molecule has 4 nitrogen and oxygen atoms in total. The third kappa shape index (κ3) is 7.38. The van der Waals surface area contributed by atoms with E-state index in [4.69, 9.17) is 9.84 Å². The number of pyridine rings is 1. The zero-order valence-electron chi connectivity index (χ0n) is 19.5. The SMILES string of the molecule is C=C(C)c1cc(C(=O)O)ccn1.CCC1CCOc2ccccc21.Cc1ccccc1C. The van der Waals surface area contributed by atoms with Crippen LogP contribution in [0.1, 0.15) is 65.3 Å². The number of rotatable bonds is 3. The Bertz CT molecular complexity index is 992. The molecule has 32 heavy (non-hydrogen) atoms. The van der Waals surface area contributed by atoms with Gasteiger partial charge in [0, 0.05) is 6.20 Å².